The first-order valence-corrected chi connectivity index (χ1v) is 9.94. The van der Waals surface area contributed by atoms with Gasteiger partial charge in [-0.1, -0.05) is 48.0 Å². The number of rotatable bonds is 6. The third-order valence-electron chi connectivity index (χ3n) is 5.38. The van der Waals surface area contributed by atoms with Crippen molar-refractivity contribution in [2.75, 3.05) is 20.1 Å². The third-order valence-corrected chi connectivity index (χ3v) is 5.38. The van der Waals surface area contributed by atoms with Crippen LogP contribution in [0.2, 0.25) is 0 Å². The number of hydrogen-bond donors (Lipinski definition) is 2. The number of carbonyl (C=O) groups is 2. The molecule has 1 saturated heterocycles. The van der Waals surface area contributed by atoms with E-state index in [0.717, 1.165) is 37.1 Å². The third kappa shape index (κ3) is 6.31. The van der Waals surface area contributed by atoms with Gasteiger partial charge in [0.15, 0.2) is 0 Å². The van der Waals surface area contributed by atoms with Crippen LogP contribution in [-0.2, 0) is 4.79 Å². The van der Waals surface area contributed by atoms with Gasteiger partial charge in [0.05, 0.1) is 12.5 Å². The first kappa shape index (κ1) is 22.9. The Hall–Kier alpha value is -2.37. The van der Waals surface area contributed by atoms with Crippen molar-refractivity contribution in [3.8, 4) is 0 Å². The second-order valence-electron chi connectivity index (χ2n) is 7.47. The van der Waals surface area contributed by atoms with Crippen LogP contribution in [0.4, 0.5) is 0 Å². The highest BCUT2D eigenvalue weighted by molar-refractivity contribution is 5.94. The fourth-order valence-electron chi connectivity index (χ4n) is 3.63. The maximum absolute atomic E-state index is 13.0. The molecule has 0 radical (unpaired) electrons. The zero-order valence-electron chi connectivity index (χ0n) is 17.1. The molecule has 1 aliphatic rings. The summed E-state index contributed by atoms with van der Waals surface area (Å²) in [5, 5.41) is 6.33. The SMILES string of the molecule is CNC1CCCN(C(=O)CC(NC(=O)c2ccc(C)cc2)c2ccccc2)C1.Cl. The highest BCUT2D eigenvalue weighted by atomic mass is 35.5. The molecule has 3 rings (SSSR count). The molecule has 2 unspecified atom stereocenters. The van der Waals surface area contributed by atoms with E-state index in [1.807, 2.05) is 73.5 Å². The van der Waals surface area contributed by atoms with E-state index in [1.54, 1.807) is 0 Å². The molecule has 1 heterocycles. The second kappa shape index (κ2) is 11.0. The van der Waals surface area contributed by atoms with Gasteiger partial charge in [0.2, 0.25) is 5.91 Å². The summed E-state index contributed by atoms with van der Waals surface area (Å²) in [5.41, 5.74) is 2.65. The molecule has 0 aromatic heterocycles. The molecule has 0 saturated carbocycles. The van der Waals surface area contributed by atoms with Crippen molar-refractivity contribution in [2.24, 2.45) is 0 Å². The number of likely N-dealkylation sites (N-methyl/N-ethyl adjacent to an activating group) is 1. The molecule has 2 N–H and O–H groups in total. The maximum Gasteiger partial charge on any atom is 0.251 e. The van der Waals surface area contributed by atoms with Crippen molar-refractivity contribution in [1.82, 2.24) is 15.5 Å². The normalized spacial score (nSPS) is 17.2. The minimum absolute atomic E-state index is 0. The number of aryl methyl sites for hydroxylation is 1. The van der Waals surface area contributed by atoms with Gasteiger partial charge in [-0.2, -0.15) is 0 Å². The summed E-state index contributed by atoms with van der Waals surface area (Å²) in [6.45, 7) is 3.50. The summed E-state index contributed by atoms with van der Waals surface area (Å²) in [6, 6.07) is 17.2. The zero-order chi connectivity index (χ0) is 19.9. The lowest BCUT2D eigenvalue weighted by atomic mass is 10.0. The van der Waals surface area contributed by atoms with E-state index in [1.165, 1.54) is 0 Å². The second-order valence-corrected chi connectivity index (χ2v) is 7.47. The Morgan fingerprint density at radius 3 is 2.45 bits per heavy atom. The van der Waals surface area contributed by atoms with Crippen LogP contribution in [0.1, 0.15) is 46.8 Å². The lowest BCUT2D eigenvalue weighted by Gasteiger charge is -2.33. The Balaban J connectivity index is 0.00000300. The number of nitrogens with one attached hydrogen (secondary N) is 2. The number of carbonyl (C=O) groups excluding carboxylic acids is 2. The Labute approximate surface area is 179 Å². The van der Waals surface area contributed by atoms with Crippen LogP contribution >= 0.6 is 12.4 Å². The summed E-state index contributed by atoms with van der Waals surface area (Å²) in [4.78, 5) is 27.6. The van der Waals surface area contributed by atoms with Crippen LogP contribution in [0.3, 0.4) is 0 Å². The smallest absolute Gasteiger partial charge is 0.251 e. The van der Waals surface area contributed by atoms with E-state index in [2.05, 4.69) is 10.6 Å². The zero-order valence-corrected chi connectivity index (χ0v) is 17.9. The summed E-state index contributed by atoms with van der Waals surface area (Å²) in [7, 11) is 1.94. The Bertz CT molecular complexity index is 796. The fourth-order valence-corrected chi connectivity index (χ4v) is 3.63. The number of likely N-dealkylation sites (tertiary alicyclic amines) is 1. The van der Waals surface area contributed by atoms with Crippen LogP contribution < -0.4 is 10.6 Å². The summed E-state index contributed by atoms with van der Waals surface area (Å²) >= 11 is 0. The topological polar surface area (TPSA) is 61.4 Å². The predicted octanol–water partition coefficient (Wildman–Crippen LogP) is 3.49. The fraction of sp³-hybridized carbons (Fsp3) is 0.391. The van der Waals surface area contributed by atoms with E-state index < -0.39 is 0 Å². The highest BCUT2D eigenvalue weighted by Crippen LogP contribution is 2.20. The summed E-state index contributed by atoms with van der Waals surface area (Å²) < 4.78 is 0. The molecule has 2 amide bonds. The van der Waals surface area contributed by atoms with Crippen LogP contribution in [-0.4, -0.2) is 42.9 Å². The monoisotopic (exact) mass is 415 g/mol. The summed E-state index contributed by atoms with van der Waals surface area (Å²) in [6.07, 6.45) is 2.35. The van der Waals surface area contributed by atoms with Gasteiger partial charge in [0.25, 0.3) is 5.91 Å². The minimum Gasteiger partial charge on any atom is -0.345 e. The highest BCUT2D eigenvalue weighted by Gasteiger charge is 2.26. The Morgan fingerprint density at radius 1 is 1.10 bits per heavy atom. The van der Waals surface area contributed by atoms with Gasteiger partial charge in [-0.15, -0.1) is 12.4 Å². The molecular weight excluding hydrogens is 386 g/mol. The molecule has 5 nitrogen and oxygen atoms in total. The molecule has 2 atom stereocenters. The van der Waals surface area contributed by atoms with E-state index in [0.29, 0.717) is 11.6 Å². The first-order valence-electron chi connectivity index (χ1n) is 9.94. The lowest BCUT2D eigenvalue weighted by Crippen LogP contribution is -2.47. The number of nitrogens with zero attached hydrogens (tertiary/aromatic N) is 1. The maximum atomic E-state index is 13.0. The summed E-state index contributed by atoms with van der Waals surface area (Å²) in [5.74, 6) is -0.0774. The van der Waals surface area contributed by atoms with Crippen molar-refractivity contribution in [3.63, 3.8) is 0 Å². The van der Waals surface area contributed by atoms with Gasteiger partial charge >= 0.3 is 0 Å². The number of hydrogen-bond acceptors (Lipinski definition) is 3. The number of piperidine rings is 1. The number of halogens is 1. The van der Waals surface area contributed by atoms with Gasteiger partial charge in [0.1, 0.15) is 0 Å². The molecular formula is C23H30ClN3O2. The van der Waals surface area contributed by atoms with Crippen LogP contribution in [0.15, 0.2) is 54.6 Å². The standard InChI is InChI=1S/C23H29N3O2.ClH/c1-17-10-12-19(13-11-17)23(28)25-21(18-7-4-3-5-8-18)15-22(27)26-14-6-9-20(16-26)24-2;/h3-5,7-8,10-13,20-21,24H,6,9,14-16H2,1-2H3,(H,25,28);1H. The average Bonchev–Trinajstić information content (AvgIpc) is 2.74. The van der Waals surface area contributed by atoms with Gasteiger partial charge in [0, 0.05) is 24.7 Å². The minimum atomic E-state index is -0.350. The predicted molar refractivity (Wildman–Crippen MR) is 118 cm³/mol. The Kier molecular flexibility index (Phi) is 8.68. The average molecular weight is 416 g/mol. The molecule has 0 aliphatic carbocycles. The van der Waals surface area contributed by atoms with Gasteiger partial charge in [-0.25, -0.2) is 0 Å². The van der Waals surface area contributed by atoms with Crippen molar-refractivity contribution in [3.05, 3.63) is 71.3 Å². The van der Waals surface area contributed by atoms with Gasteiger partial charge in [-0.05, 0) is 44.5 Å². The van der Waals surface area contributed by atoms with Crippen molar-refractivity contribution in [2.45, 2.75) is 38.3 Å². The quantitative estimate of drug-likeness (QED) is 0.759. The first-order chi connectivity index (χ1) is 13.6. The number of benzene rings is 2. The van der Waals surface area contributed by atoms with Crippen LogP contribution in [0.5, 0.6) is 0 Å². The van der Waals surface area contributed by atoms with E-state index in [-0.39, 0.29) is 36.7 Å². The molecule has 0 spiro atoms. The van der Waals surface area contributed by atoms with Gasteiger partial charge < -0.3 is 15.5 Å². The largest absolute Gasteiger partial charge is 0.345 e. The van der Waals surface area contributed by atoms with Crippen LogP contribution in [0.25, 0.3) is 0 Å². The van der Waals surface area contributed by atoms with E-state index in [9.17, 15) is 9.59 Å². The van der Waals surface area contributed by atoms with E-state index >= 15 is 0 Å². The molecule has 0 bridgehead atoms. The molecule has 2 aromatic carbocycles. The van der Waals surface area contributed by atoms with Crippen molar-refractivity contribution < 1.29 is 9.59 Å². The molecule has 1 aliphatic heterocycles. The molecule has 29 heavy (non-hydrogen) atoms. The van der Waals surface area contributed by atoms with Crippen molar-refractivity contribution >= 4 is 24.2 Å². The molecule has 156 valence electrons. The molecule has 2 aromatic rings. The van der Waals surface area contributed by atoms with Crippen molar-refractivity contribution in [1.29, 1.82) is 0 Å². The molecule has 1 fully saturated rings. The van der Waals surface area contributed by atoms with Crippen LogP contribution in [0, 0.1) is 6.92 Å². The Morgan fingerprint density at radius 2 is 1.79 bits per heavy atom. The lowest BCUT2D eigenvalue weighted by molar-refractivity contribution is -0.133. The van der Waals surface area contributed by atoms with Gasteiger partial charge in [-0.3, -0.25) is 9.59 Å². The molecule has 6 heteroatoms. The number of amides is 2. The van der Waals surface area contributed by atoms with E-state index in [4.69, 9.17) is 0 Å².